The number of nitrogens with zero attached hydrogens (tertiary/aromatic N) is 2. The molecule has 1 heterocycles. The normalized spacial score (nSPS) is 13.0. The van der Waals surface area contributed by atoms with Crippen molar-refractivity contribution in [1.29, 1.82) is 0 Å². The average molecular weight is 568 g/mol. The highest BCUT2D eigenvalue weighted by Gasteiger charge is 2.24. The number of fused-ring (bicyclic) bond motifs is 1. The minimum atomic E-state index is -0.0217. The zero-order chi connectivity index (χ0) is 22.8. The van der Waals surface area contributed by atoms with Crippen molar-refractivity contribution in [3.63, 3.8) is 0 Å². The number of methoxy groups -OCH3 is 1. The summed E-state index contributed by atoms with van der Waals surface area (Å²) in [5.41, 5.74) is 3.01. The molecule has 1 aliphatic heterocycles. The number of guanidine groups is 1. The first kappa shape index (κ1) is 26.7. The van der Waals surface area contributed by atoms with Gasteiger partial charge in [0.25, 0.3) is 5.91 Å². The highest BCUT2D eigenvalue weighted by atomic mass is 127. The second-order valence-electron chi connectivity index (χ2n) is 7.46. The molecule has 1 amide bonds. The Kier molecular flexibility index (Phi) is 11.2. The van der Waals surface area contributed by atoms with Crippen LogP contribution in [0.2, 0.25) is 0 Å². The van der Waals surface area contributed by atoms with E-state index in [0.29, 0.717) is 38.8 Å². The van der Waals surface area contributed by atoms with Crippen molar-refractivity contribution in [2.75, 3.05) is 52.0 Å². The van der Waals surface area contributed by atoms with Crippen LogP contribution in [0.4, 0.5) is 5.69 Å². The maximum atomic E-state index is 12.3. The summed E-state index contributed by atoms with van der Waals surface area (Å²) in [6.07, 6.45) is 0.774. The van der Waals surface area contributed by atoms with Crippen LogP contribution in [0, 0.1) is 6.92 Å². The molecule has 2 aromatic carbocycles. The number of hydrogen-bond donors (Lipinski definition) is 2. The summed E-state index contributed by atoms with van der Waals surface area (Å²) in [6.45, 7) is 5.04. The number of anilines is 1. The Hall–Kier alpha value is -2.53. The third-order valence-electron chi connectivity index (χ3n) is 5.10. The van der Waals surface area contributed by atoms with Gasteiger partial charge in [0.2, 0.25) is 0 Å². The van der Waals surface area contributed by atoms with Crippen molar-refractivity contribution >= 4 is 41.5 Å². The summed E-state index contributed by atoms with van der Waals surface area (Å²) in [7, 11) is 3.40. The molecule has 0 unspecified atom stereocenters. The van der Waals surface area contributed by atoms with Gasteiger partial charge in [0.15, 0.2) is 12.6 Å². The third kappa shape index (κ3) is 7.78. The van der Waals surface area contributed by atoms with E-state index in [1.54, 1.807) is 19.1 Å². The van der Waals surface area contributed by atoms with Gasteiger partial charge in [0.05, 0.1) is 12.3 Å². The van der Waals surface area contributed by atoms with Gasteiger partial charge in [-0.2, -0.15) is 0 Å². The second-order valence-corrected chi connectivity index (χ2v) is 7.46. The number of nitrogens with one attached hydrogen (secondary N) is 2. The molecule has 2 N–H and O–H groups in total. The van der Waals surface area contributed by atoms with Crippen LogP contribution in [0.25, 0.3) is 0 Å². The quantitative estimate of drug-likeness (QED) is 0.199. The van der Waals surface area contributed by atoms with Crippen molar-refractivity contribution in [3.05, 3.63) is 53.6 Å². The Morgan fingerprint density at radius 2 is 2.00 bits per heavy atom. The number of ether oxygens (including phenoxy) is 3. The summed E-state index contributed by atoms with van der Waals surface area (Å²) in [5, 5.41) is 6.64. The van der Waals surface area contributed by atoms with Crippen LogP contribution in [0.3, 0.4) is 0 Å². The SMILES string of the molecule is CN=C(NCCCN1C(=O)COc2ccccc21)NCc1ccc(C)cc1OCCOC.I. The van der Waals surface area contributed by atoms with E-state index in [1.165, 1.54) is 0 Å². The zero-order valence-corrected chi connectivity index (χ0v) is 21.8. The second kappa shape index (κ2) is 13.9. The summed E-state index contributed by atoms with van der Waals surface area (Å²) in [6, 6.07) is 13.8. The molecule has 0 radical (unpaired) electrons. The summed E-state index contributed by atoms with van der Waals surface area (Å²) < 4.78 is 16.4. The van der Waals surface area contributed by atoms with Gasteiger partial charge in [-0.1, -0.05) is 24.3 Å². The van der Waals surface area contributed by atoms with Gasteiger partial charge in [0.1, 0.15) is 18.1 Å². The van der Waals surface area contributed by atoms with E-state index in [-0.39, 0.29) is 36.5 Å². The smallest absolute Gasteiger partial charge is 0.265 e. The number of rotatable bonds is 10. The number of amides is 1. The van der Waals surface area contributed by atoms with Crippen LogP contribution >= 0.6 is 24.0 Å². The van der Waals surface area contributed by atoms with E-state index in [4.69, 9.17) is 14.2 Å². The lowest BCUT2D eigenvalue weighted by atomic mass is 10.1. The van der Waals surface area contributed by atoms with Gasteiger partial charge in [-0.3, -0.25) is 9.79 Å². The van der Waals surface area contributed by atoms with E-state index < -0.39 is 0 Å². The number of aryl methyl sites for hydroxylation is 1. The molecule has 180 valence electrons. The lowest BCUT2D eigenvalue weighted by Crippen LogP contribution is -2.42. The average Bonchev–Trinajstić information content (AvgIpc) is 2.81. The first-order valence-electron chi connectivity index (χ1n) is 10.8. The van der Waals surface area contributed by atoms with Crippen molar-refractivity contribution in [3.8, 4) is 11.5 Å². The van der Waals surface area contributed by atoms with Crippen molar-refractivity contribution in [2.24, 2.45) is 4.99 Å². The summed E-state index contributed by atoms with van der Waals surface area (Å²) >= 11 is 0. The van der Waals surface area contributed by atoms with Crippen LogP contribution in [0.1, 0.15) is 17.5 Å². The Bertz CT molecular complexity index is 938. The first-order chi connectivity index (χ1) is 15.6. The number of para-hydroxylation sites is 2. The largest absolute Gasteiger partial charge is 0.491 e. The highest BCUT2D eigenvalue weighted by Crippen LogP contribution is 2.31. The third-order valence-corrected chi connectivity index (χ3v) is 5.10. The fourth-order valence-electron chi connectivity index (χ4n) is 3.42. The minimum Gasteiger partial charge on any atom is -0.491 e. The number of benzene rings is 2. The van der Waals surface area contributed by atoms with Crippen molar-refractivity contribution in [2.45, 2.75) is 19.9 Å². The molecule has 0 aromatic heterocycles. The summed E-state index contributed by atoms with van der Waals surface area (Å²) in [4.78, 5) is 18.4. The van der Waals surface area contributed by atoms with Crippen LogP contribution in [0.15, 0.2) is 47.5 Å². The van der Waals surface area contributed by atoms with E-state index >= 15 is 0 Å². The Labute approximate surface area is 212 Å². The number of carbonyl (C=O) groups excluding carboxylic acids is 1. The van der Waals surface area contributed by atoms with Gasteiger partial charge in [-0.25, -0.2) is 0 Å². The van der Waals surface area contributed by atoms with E-state index in [1.807, 2.05) is 37.3 Å². The summed E-state index contributed by atoms with van der Waals surface area (Å²) in [5.74, 6) is 2.27. The molecule has 1 aliphatic rings. The van der Waals surface area contributed by atoms with Gasteiger partial charge >= 0.3 is 0 Å². The lowest BCUT2D eigenvalue weighted by molar-refractivity contribution is -0.121. The molecule has 0 atom stereocenters. The number of aliphatic imine (C=N–C) groups is 1. The van der Waals surface area contributed by atoms with Crippen LogP contribution in [0.5, 0.6) is 11.5 Å². The topological polar surface area (TPSA) is 84.4 Å². The highest BCUT2D eigenvalue weighted by molar-refractivity contribution is 14.0. The van der Waals surface area contributed by atoms with Crippen LogP contribution < -0.4 is 25.0 Å². The maximum absolute atomic E-state index is 12.3. The molecule has 0 bridgehead atoms. The van der Waals surface area contributed by atoms with E-state index in [9.17, 15) is 4.79 Å². The van der Waals surface area contributed by atoms with Gasteiger partial charge in [0, 0.05) is 39.4 Å². The Morgan fingerprint density at radius 3 is 2.79 bits per heavy atom. The molecule has 0 spiro atoms. The van der Waals surface area contributed by atoms with Crippen LogP contribution in [-0.2, 0) is 16.1 Å². The first-order valence-corrected chi connectivity index (χ1v) is 10.8. The molecule has 0 fully saturated rings. The molecule has 33 heavy (non-hydrogen) atoms. The molecular weight excluding hydrogens is 535 g/mol. The van der Waals surface area contributed by atoms with Gasteiger partial charge in [-0.05, 0) is 37.1 Å². The standard InChI is InChI=1S/C24H32N4O4.HI/c1-18-9-10-19(22(15-18)31-14-13-30-3)16-27-24(25-2)26-11-6-12-28-20-7-4-5-8-21(20)32-17-23(28)29;/h4-5,7-10,15H,6,11-14,16-17H2,1-3H3,(H2,25,26,27);1H. The molecule has 0 aliphatic carbocycles. The molecule has 3 rings (SSSR count). The fourth-order valence-corrected chi connectivity index (χ4v) is 3.42. The van der Waals surface area contributed by atoms with Crippen LogP contribution in [-0.4, -0.2) is 58.9 Å². The number of hydrogen-bond acceptors (Lipinski definition) is 5. The molecule has 9 heteroatoms. The van der Waals surface area contributed by atoms with Crippen molar-refractivity contribution in [1.82, 2.24) is 10.6 Å². The van der Waals surface area contributed by atoms with Crippen molar-refractivity contribution < 1.29 is 19.0 Å². The molecule has 8 nitrogen and oxygen atoms in total. The number of halogens is 1. The van der Waals surface area contributed by atoms with Gasteiger partial charge < -0.3 is 29.7 Å². The molecule has 0 saturated carbocycles. The van der Waals surface area contributed by atoms with E-state index in [0.717, 1.165) is 34.7 Å². The predicted molar refractivity (Wildman–Crippen MR) is 141 cm³/mol. The Morgan fingerprint density at radius 1 is 1.18 bits per heavy atom. The monoisotopic (exact) mass is 568 g/mol. The predicted octanol–water partition coefficient (Wildman–Crippen LogP) is 3.12. The lowest BCUT2D eigenvalue weighted by Gasteiger charge is -2.29. The van der Waals surface area contributed by atoms with E-state index in [2.05, 4.69) is 27.8 Å². The molecular formula is C24H33IN4O4. The molecule has 0 saturated heterocycles. The maximum Gasteiger partial charge on any atom is 0.265 e. The fraction of sp³-hybridized carbons (Fsp3) is 0.417. The molecule has 2 aromatic rings. The number of carbonyl (C=O) groups is 1. The zero-order valence-electron chi connectivity index (χ0n) is 19.4. The van der Waals surface area contributed by atoms with Gasteiger partial charge in [-0.15, -0.1) is 24.0 Å². The minimum absolute atomic E-state index is 0. The Balaban J connectivity index is 0.00000385.